The summed E-state index contributed by atoms with van der Waals surface area (Å²) in [5.74, 6) is -1.66. The van der Waals surface area contributed by atoms with Crippen LogP contribution in [-0.4, -0.2) is 22.8 Å². The van der Waals surface area contributed by atoms with Crippen LogP contribution in [0.4, 0.5) is 0 Å². The van der Waals surface area contributed by atoms with Crippen molar-refractivity contribution in [3.63, 3.8) is 0 Å². The van der Waals surface area contributed by atoms with Crippen molar-refractivity contribution in [2.75, 3.05) is 6.61 Å². The number of rotatable bonds is 3. The van der Waals surface area contributed by atoms with Gasteiger partial charge in [0.15, 0.2) is 5.43 Å². The molecule has 0 fully saturated rings. The maximum absolute atomic E-state index is 11.7. The van der Waals surface area contributed by atoms with Gasteiger partial charge >= 0.3 is 5.97 Å². The van der Waals surface area contributed by atoms with Gasteiger partial charge in [-0.15, -0.1) is 0 Å². The fourth-order valence-corrected chi connectivity index (χ4v) is 1.57. The second-order valence-electron chi connectivity index (χ2n) is 3.62. The molecule has 0 radical (unpaired) electrons. The van der Waals surface area contributed by atoms with E-state index in [1.165, 1.54) is 12.1 Å². The van der Waals surface area contributed by atoms with Crippen LogP contribution in [0, 0.1) is 0 Å². The van der Waals surface area contributed by atoms with Gasteiger partial charge in [-0.1, -0.05) is 18.2 Å². The maximum atomic E-state index is 11.7. The minimum Gasteiger partial charge on any atom is -0.475 e. The van der Waals surface area contributed by atoms with E-state index in [9.17, 15) is 9.59 Å². The predicted molar refractivity (Wildman–Crippen MR) is 65.6 cm³/mol. The number of carboxylic acid groups (broad SMARTS) is 1. The van der Waals surface area contributed by atoms with Gasteiger partial charge in [0.2, 0.25) is 5.76 Å². The molecule has 5 nitrogen and oxygen atoms in total. The highest BCUT2D eigenvalue weighted by atomic mass is 16.4. The summed E-state index contributed by atoms with van der Waals surface area (Å²) < 4.78 is 5.09. The Labute approximate surface area is 102 Å². The number of fused-ring (bicyclic) bond motifs is 1. The molecule has 92 valence electrons. The molecule has 2 N–H and O–H groups in total. The molecular formula is C13H10O5. The Kier molecular flexibility index (Phi) is 3.25. The number of aromatic carboxylic acids is 1. The van der Waals surface area contributed by atoms with Crippen molar-refractivity contribution in [1.82, 2.24) is 0 Å². The third kappa shape index (κ3) is 2.31. The molecule has 0 atom stereocenters. The topological polar surface area (TPSA) is 87.7 Å². The molecule has 1 heterocycles. The highest BCUT2D eigenvalue weighted by Gasteiger charge is 2.10. The Morgan fingerprint density at radius 2 is 2.11 bits per heavy atom. The van der Waals surface area contributed by atoms with E-state index in [4.69, 9.17) is 14.6 Å². The van der Waals surface area contributed by atoms with Crippen molar-refractivity contribution in [2.24, 2.45) is 0 Å². The minimum atomic E-state index is -1.28. The SMILES string of the molecule is O=C(O)c1cc(=O)c2cc(C=CCO)ccc2o1. The van der Waals surface area contributed by atoms with E-state index < -0.39 is 11.4 Å². The molecule has 0 saturated heterocycles. The molecule has 0 saturated carbocycles. The Hall–Kier alpha value is -2.40. The second-order valence-corrected chi connectivity index (χ2v) is 3.62. The number of aliphatic hydroxyl groups excluding tert-OH is 1. The van der Waals surface area contributed by atoms with Crippen LogP contribution in [-0.2, 0) is 0 Å². The molecular weight excluding hydrogens is 236 g/mol. The third-order valence-electron chi connectivity index (χ3n) is 2.38. The zero-order valence-electron chi connectivity index (χ0n) is 9.29. The first-order valence-corrected chi connectivity index (χ1v) is 5.20. The van der Waals surface area contributed by atoms with Crippen LogP contribution in [0.1, 0.15) is 16.1 Å². The lowest BCUT2D eigenvalue weighted by Crippen LogP contribution is -2.06. The van der Waals surface area contributed by atoms with Crippen LogP contribution in [0.25, 0.3) is 17.0 Å². The highest BCUT2D eigenvalue weighted by molar-refractivity contribution is 5.88. The highest BCUT2D eigenvalue weighted by Crippen LogP contribution is 2.15. The Bertz CT molecular complexity index is 681. The van der Waals surface area contributed by atoms with E-state index >= 15 is 0 Å². The van der Waals surface area contributed by atoms with Crippen molar-refractivity contribution in [3.05, 3.63) is 51.9 Å². The number of hydrogen-bond acceptors (Lipinski definition) is 4. The van der Waals surface area contributed by atoms with Gasteiger partial charge in [0, 0.05) is 6.07 Å². The fourth-order valence-electron chi connectivity index (χ4n) is 1.57. The van der Waals surface area contributed by atoms with Gasteiger partial charge in [0.1, 0.15) is 5.58 Å². The molecule has 1 aromatic heterocycles. The minimum absolute atomic E-state index is 0.0927. The van der Waals surface area contributed by atoms with Crippen molar-refractivity contribution in [2.45, 2.75) is 0 Å². The van der Waals surface area contributed by atoms with Crippen LogP contribution in [0.15, 0.2) is 39.6 Å². The van der Waals surface area contributed by atoms with Crippen LogP contribution in [0.3, 0.4) is 0 Å². The quantitative estimate of drug-likeness (QED) is 0.856. The van der Waals surface area contributed by atoms with Gasteiger partial charge in [-0.05, 0) is 17.7 Å². The van der Waals surface area contributed by atoms with Gasteiger partial charge in [0.05, 0.1) is 12.0 Å². The smallest absolute Gasteiger partial charge is 0.371 e. The lowest BCUT2D eigenvalue weighted by atomic mass is 10.1. The first-order valence-electron chi connectivity index (χ1n) is 5.20. The number of aliphatic hydroxyl groups is 1. The summed E-state index contributed by atoms with van der Waals surface area (Å²) in [7, 11) is 0. The molecule has 2 rings (SSSR count). The Balaban J connectivity index is 2.62. The summed E-state index contributed by atoms with van der Waals surface area (Å²) in [5.41, 5.74) is 0.542. The average Bonchev–Trinajstić information content (AvgIpc) is 2.36. The summed E-state index contributed by atoms with van der Waals surface area (Å²) in [4.78, 5) is 22.5. The van der Waals surface area contributed by atoms with Gasteiger partial charge in [-0.25, -0.2) is 4.79 Å². The van der Waals surface area contributed by atoms with Crippen molar-refractivity contribution in [1.29, 1.82) is 0 Å². The summed E-state index contributed by atoms with van der Waals surface area (Å²) in [6.07, 6.45) is 3.19. The molecule has 0 bridgehead atoms. The summed E-state index contributed by atoms with van der Waals surface area (Å²) in [5, 5.41) is 17.7. The summed E-state index contributed by atoms with van der Waals surface area (Å²) in [6, 6.07) is 5.73. The summed E-state index contributed by atoms with van der Waals surface area (Å²) in [6.45, 7) is -0.0927. The van der Waals surface area contributed by atoms with Crippen molar-refractivity contribution < 1.29 is 19.4 Å². The first-order chi connectivity index (χ1) is 8.61. The molecule has 0 spiro atoms. The lowest BCUT2D eigenvalue weighted by Gasteiger charge is -2.00. The molecule has 1 aromatic carbocycles. The van der Waals surface area contributed by atoms with Gasteiger partial charge in [-0.2, -0.15) is 0 Å². The van der Waals surface area contributed by atoms with E-state index in [1.807, 2.05) is 0 Å². The third-order valence-corrected chi connectivity index (χ3v) is 2.38. The van der Waals surface area contributed by atoms with E-state index in [0.29, 0.717) is 5.39 Å². The molecule has 0 aliphatic carbocycles. The van der Waals surface area contributed by atoms with Crippen LogP contribution in [0.2, 0.25) is 0 Å². The number of carboxylic acids is 1. The largest absolute Gasteiger partial charge is 0.475 e. The molecule has 2 aromatic rings. The number of benzene rings is 1. The molecule has 0 amide bonds. The molecule has 0 unspecified atom stereocenters. The monoisotopic (exact) mass is 246 g/mol. The lowest BCUT2D eigenvalue weighted by molar-refractivity contribution is 0.0663. The Morgan fingerprint density at radius 3 is 2.78 bits per heavy atom. The van der Waals surface area contributed by atoms with Crippen LogP contribution in [0.5, 0.6) is 0 Å². The van der Waals surface area contributed by atoms with Crippen molar-refractivity contribution >= 4 is 23.0 Å². The standard InChI is InChI=1S/C13H10O5/c14-5-1-2-8-3-4-11-9(6-8)10(15)7-12(18-11)13(16)17/h1-4,6-7,14H,5H2,(H,16,17). The van der Waals surface area contributed by atoms with Gasteiger partial charge in [-0.3, -0.25) is 4.79 Å². The fraction of sp³-hybridized carbons (Fsp3) is 0.0769. The first kappa shape index (κ1) is 12.1. The average molecular weight is 246 g/mol. The molecule has 5 heteroatoms. The normalized spacial score (nSPS) is 11.2. The molecule has 0 aliphatic rings. The number of carbonyl (C=O) groups is 1. The zero-order valence-corrected chi connectivity index (χ0v) is 9.29. The van der Waals surface area contributed by atoms with E-state index in [-0.39, 0.29) is 18.0 Å². The number of hydrogen-bond donors (Lipinski definition) is 2. The van der Waals surface area contributed by atoms with Crippen molar-refractivity contribution in [3.8, 4) is 0 Å². The van der Waals surface area contributed by atoms with Gasteiger partial charge in [0.25, 0.3) is 0 Å². The van der Waals surface area contributed by atoms with E-state index in [0.717, 1.165) is 11.6 Å². The second kappa shape index (κ2) is 4.85. The Morgan fingerprint density at radius 1 is 1.33 bits per heavy atom. The van der Waals surface area contributed by atoms with E-state index in [2.05, 4.69) is 0 Å². The predicted octanol–water partition coefficient (Wildman–Crippen LogP) is 1.50. The van der Waals surface area contributed by atoms with Crippen LogP contribution < -0.4 is 5.43 Å². The maximum Gasteiger partial charge on any atom is 0.371 e. The molecule has 18 heavy (non-hydrogen) atoms. The zero-order chi connectivity index (χ0) is 13.1. The van der Waals surface area contributed by atoms with Crippen LogP contribution >= 0.6 is 0 Å². The molecule has 0 aliphatic heterocycles. The van der Waals surface area contributed by atoms with Gasteiger partial charge < -0.3 is 14.6 Å². The summed E-state index contributed by atoms with van der Waals surface area (Å²) >= 11 is 0. The van der Waals surface area contributed by atoms with E-state index in [1.54, 1.807) is 18.2 Å².